The largest absolute Gasteiger partial charge is 0.497 e. The number of fused-ring (bicyclic) bond motifs is 1. The number of benzene rings is 1. The smallest absolute Gasteiger partial charge is 0.122 e. The number of methoxy groups -OCH3 is 1. The molecule has 74 valence electrons. The first kappa shape index (κ1) is 10.0. The number of aromatic nitrogens is 1. The molecule has 0 unspecified atom stereocenters. The SMILES string of the molecule is [B]c1c(OC)ccc2c(C)cc(C)nc12. The Kier molecular flexibility index (Phi) is 2.39. The summed E-state index contributed by atoms with van der Waals surface area (Å²) < 4.78 is 5.17. The fourth-order valence-corrected chi connectivity index (χ4v) is 1.81. The molecule has 2 radical (unpaired) electrons. The van der Waals surface area contributed by atoms with Crippen molar-refractivity contribution in [3.8, 4) is 5.75 Å². The Bertz CT molecular complexity index is 523. The Morgan fingerprint density at radius 1 is 1.27 bits per heavy atom. The second-order valence-electron chi connectivity index (χ2n) is 3.66. The molecule has 0 N–H and O–H groups in total. The molecule has 0 fully saturated rings. The second kappa shape index (κ2) is 3.57. The van der Waals surface area contributed by atoms with Gasteiger partial charge in [-0.3, -0.25) is 4.98 Å². The minimum Gasteiger partial charge on any atom is -0.497 e. The van der Waals surface area contributed by atoms with E-state index in [1.165, 1.54) is 5.56 Å². The van der Waals surface area contributed by atoms with Crippen LogP contribution in [0.15, 0.2) is 18.2 Å². The summed E-state index contributed by atoms with van der Waals surface area (Å²) in [6, 6.07) is 5.92. The molecule has 1 aromatic carbocycles. The van der Waals surface area contributed by atoms with Crippen molar-refractivity contribution in [2.75, 3.05) is 7.11 Å². The van der Waals surface area contributed by atoms with E-state index in [2.05, 4.69) is 11.9 Å². The van der Waals surface area contributed by atoms with Crippen molar-refractivity contribution >= 4 is 24.2 Å². The Labute approximate surface area is 90.7 Å². The number of hydrogen-bond donors (Lipinski definition) is 0. The predicted molar refractivity (Wildman–Crippen MR) is 63.2 cm³/mol. The molecule has 2 rings (SSSR count). The maximum absolute atomic E-state index is 5.98. The first-order valence-electron chi connectivity index (χ1n) is 4.84. The lowest BCUT2D eigenvalue weighted by atomic mass is 9.90. The molecular weight excluding hydrogens is 185 g/mol. The highest BCUT2D eigenvalue weighted by atomic mass is 16.5. The molecule has 1 heterocycles. The number of ether oxygens (including phenoxy) is 1. The van der Waals surface area contributed by atoms with Crippen molar-refractivity contribution in [2.45, 2.75) is 13.8 Å². The van der Waals surface area contributed by atoms with Gasteiger partial charge in [-0.1, -0.05) is 0 Å². The Hall–Kier alpha value is -1.51. The molecule has 1 aromatic heterocycles. The van der Waals surface area contributed by atoms with E-state index in [0.29, 0.717) is 11.2 Å². The van der Waals surface area contributed by atoms with Crippen molar-refractivity contribution < 1.29 is 4.74 Å². The quantitative estimate of drug-likeness (QED) is 0.648. The normalized spacial score (nSPS) is 10.6. The van der Waals surface area contributed by atoms with Crippen molar-refractivity contribution in [2.24, 2.45) is 0 Å². The average Bonchev–Trinajstić information content (AvgIpc) is 2.19. The van der Waals surface area contributed by atoms with Gasteiger partial charge in [0.05, 0.1) is 12.6 Å². The van der Waals surface area contributed by atoms with Crippen LogP contribution in [0.1, 0.15) is 11.3 Å². The molecule has 0 bridgehead atoms. The van der Waals surface area contributed by atoms with Crippen molar-refractivity contribution in [3.63, 3.8) is 0 Å². The molecule has 0 atom stereocenters. The second-order valence-corrected chi connectivity index (χ2v) is 3.66. The summed E-state index contributed by atoms with van der Waals surface area (Å²) in [6.45, 7) is 4.02. The van der Waals surface area contributed by atoms with Crippen LogP contribution in [0, 0.1) is 13.8 Å². The van der Waals surface area contributed by atoms with Gasteiger partial charge >= 0.3 is 0 Å². The van der Waals surface area contributed by atoms with E-state index in [0.717, 1.165) is 16.6 Å². The highest BCUT2D eigenvalue weighted by Crippen LogP contribution is 2.19. The van der Waals surface area contributed by atoms with E-state index in [4.69, 9.17) is 12.6 Å². The summed E-state index contributed by atoms with van der Waals surface area (Å²) in [7, 11) is 7.59. The van der Waals surface area contributed by atoms with E-state index >= 15 is 0 Å². The highest BCUT2D eigenvalue weighted by Gasteiger charge is 2.06. The lowest BCUT2D eigenvalue weighted by molar-refractivity contribution is 0.418. The number of nitrogens with zero attached hydrogens (tertiary/aromatic N) is 1. The van der Waals surface area contributed by atoms with Gasteiger partial charge in [0.25, 0.3) is 0 Å². The van der Waals surface area contributed by atoms with Crippen molar-refractivity contribution in [3.05, 3.63) is 29.5 Å². The molecular formula is C12H12BNO. The zero-order chi connectivity index (χ0) is 11.0. The zero-order valence-electron chi connectivity index (χ0n) is 9.16. The van der Waals surface area contributed by atoms with Crippen molar-refractivity contribution in [1.29, 1.82) is 0 Å². The zero-order valence-corrected chi connectivity index (χ0v) is 9.16. The van der Waals surface area contributed by atoms with Crippen LogP contribution < -0.4 is 10.2 Å². The fraction of sp³-hybridized carbons (Fsp3) is 0.250. The van der Waals surface area contributed by atoms with E-state index in [-0.39, 0.29) is 0 Å². The van der Waals surface area contributed by atoms with Gasteiger partial charge in [0.15, 0.2) is 0 Å². The van der Waals surface area contributed by atoms with E-state index in [1.807, 2.05) is 25.1 Å². The molecule has 0 aliphatic carbocycles. The lowest BCUT2D eigenvalue weighted by Gasteiger charge is -2.10. The molecule has 15 heavy (non-hydrogen) atoms. The maximum atomic E-state index is 5.98. The van der Waals surface area contributed by atoms with Gasteiger partial charge < -0.3 is 4.74 Å². The van der Waals surface area contributed by atoms with Crippen LogP contribution in [0.4, 0.5) is 0 Å². The summed E-state index contributed by atoms with van der Waals surface area (Å²) in [6.07, 6.45) is 0. The fourth-order valence-electron chi connectivity index (χ4n) is 1.81. The molecule has 2 aromatic rings. The molecule has 2 nitrogen and oxygen atoms in total. The minimum absolute atomic E-state index is 0.613. The summed E-state index contributed by atoms with van der Waals surface area (Å²) in [4.78, 5) is 4.44. The lowest BCUT2D eigenvalue weighted by Crippen LogP contribution is -2.10. The third-order valence-electron chi connectivity index (χ3n) is 2.54. The topological polar surface area (TPSA) is 22.1 Å². The Morgan fingerprint density at radius 3 is 2.67 bits per heavy atom. The third-order valence-corrected chi connectivity index (χ3v) is 2.54. The minimum atomic E-state index is 0.613. The number of pyridine rings is 1. The molecule has 0 amide bonds. The molecule has 0 saturated carbocycles. The summed E-state index contributed by atoms with van der Waals surface area (Å²) in [5, 5.41) is 1.08. The van der Waals surface area contributed by atoms with Gasteiger partial charge in [0.2, 0.25) is 0 Å². The Balaban J connectivity index is 2.86. The monoisotopic (exact) mass is 197 g/mol. The summed E-state index contributed by atoms with van der Waals surface area (Å²) in [5.41, 5.74) is 3.60. The highest BCUT2D eigenvalue weighted by molar-refractivity contribution is 6.40. The van der Waals surface area contributed by atoms with Gasteiger partial charge in [0, 0.05) is 11.1 Å². The van der Waals surface area contributed by atoms with E-state index < -0.39 is 0 Å². The standard InChI is InChI=1S/C12H12BNO/c1-7-6-8(2)14-12-9(7)4-5-10(15-3)11(12)13/h4-6H,1-3H3. The van der Waals surface area contributed by atoms with Crippen molar-refractivity contribution in [1.82, 2.24) is 4.98 Å². The van der Waals surface area contributed by atoms with Crippen LogP contribution in [0.2, 0.25) is 0 Å². The van der Waals surface area contributed by atoms with Crippen LogP contribution in [0.3, 0.4) is 0 Å². The van der Waals surface area contributed by atoms with Crippen LogP contribution in [-0.2, 0) is 0 Å². The number of rotatable bonds is 1. The summed E-state index contributed by atoms with van der Waals surface area (Å²) >= 11 is 0. The van der Waals surface area contributed by atoms with Gasteiger partial charge in [-0.05, 0) is 43.1 Å². The first-order chi connectivity index (χ1) is 7.13. The number of hydrogen-bond acceptors (Lipinski definition) is 2. The molecule has 3 heteroatoms. The predicted octanol–water partition coefficient (Wildman–Crippen LogP) is 1.65. The average molecular weight is 197 g/mol. The maximum Gasteiger partial charge on any atom is 0.122 e. The molecule has 0 aliphatic rings. The third kappa shape index (κ3) is 1.58. The molecule has 0 saturated heterocycles. The summed E-state index contributed by atoms with van der Waals surface area (Å²) in [5.74, 6) is 0.681. The van der Waals surface area contributed by atoms with Gasteiger partial charge in [-0.2, -0.15) is 0 Å². The van der Waals surface area contributed by atoms with Crippen LogP contribution in [0.25, 0.3) is 10.9 Å². The van der Waals surface area contributed by atoms with E-state index in [1.54, 1.807) is 7.11 Å². The van der Waals surface area contributed by atoms with Gasteiger partial charge in [-0.25, -0.2) is 0 Å². The Morgan fingerprint density at radius 2 is 2.00 bits per heavy atom. The van der Waals surface area contributed by atoms with E-state index in [9.17, 15) is 0 Å². The van der Waals surface area contributed by atoms with Crippen LogP contribution in [0.5, 0.6) is 5.75 Å². The molecule has 0 spiro atoms. The van der Waals surface area contributed by atoms with Gasteiger partial charge in [-0.15, -0.1) is 0 Å². The van der Waals surface area contributed by atoms with Crippen LogP contribution >= 0.6 is 0 Å². The number of aryl methyl sites for hydroxylation is 2. The van der Waals surface area contributed by atoms with Gasteiger partial charge in [0.1, 0.15) is 13.6 Å². The first-order valence-corrected chi connectivity index (χ1v) is 4.84. The molecule has 0 aliphatic heterocycles. The van der Waals surface area contributed by atoms with Crippen LogP contribution in [-0.4, -0.2) is 19.9 Å².